The minimum atomic E-state index is -0.354. The molecule has 1 aliphatic rings. The van der Waals surface area contributed by atoms with E-state index in [1.165, 1.54) is 4.90 Å². The Morgan fingerprint density at radius 2 is 1.64 bits per heavy atom. The van der Waals surface area contributed by atoms with Gasteiger partial charge in [-0.05, 0) is 42.7 Å². The molecular formula is C26H27BrN2O4. The topological polar surface area (TPSA) is 68.6 Å². The van der Waals surface area contributed by atoms with Gasteiger partial charge in [-0.25, -0.2) is 0 Å². The number of nitrogens with zero attached hydrogens (tertiary/aromatic N) is 2. The van der Waals surface area contributed by atoms with Crippen molar-refractivity contribution >= 4 is 38.5 Å². The van der Waals surface area contributed by atoms with Crippen molar-refractivity contribution in [1.29, 1.82) is 0 Å². The lowest BCUT2D eigenvalue weighted by Gasteiger charge is -2.24. The molecule has 2 amide bonds. The van der Waals surface area contributed by atoms with Gasteiger partial charge in [0.25, 0.3) is 17.4 Å². The molecule has 6 nitrogen and oxygen atoms in total. The third kappa shape index (κ3) is 4.34. The summed E-state index contributed by atoms with van der Waals surface area (Å²) in [6, 6.07) is 12.3. The van der Waals surface area contributed by atoms with Gasteiger partial charge in [-0.3, -0.25) is 19.3 Å². The summed E-state index contributed by atoms with van der Waals surface area (Å²) in [6.45, 7) is 7.04. The number of amides is 2. The van der Waals surface area contributed by atoms with Crippen LogP contribution in [0.3, 0.4) is 0 Å². The molecule has 172 valence electrons. The van der Waals surface area contributed by atoms with E-state index in [0.29, 0.717) is 46.5 Å². The number of rotatable bonds is 8. The van der Waals surface area contributed by atoms with Gasteiger partial charge in [-0.2, -0.15) is 0 Å². The molecule has 0 bridgehead atoms. The zero-order valence-electron chi connectivity index (χ0n) is 19.1. The Labute approximate surface area is 201 Å². The van der Waals surface area contributed by atoms with E-state index in [2.05, 4.69) is 22.9 Å². The van der Waals surface area contributed by atoms with Gasteiger partial charge in [0.05, 0.1) is 35.4 Å². The summed E-state index contributed by atoms with van der Waals surface area (Å²) in [6.07, 6.45) is 1.81. The number of halogens is 1. The number of hydrogen-bond donors (Lipinski definition) is 0. The van der Waals surface area contributed by atoms with Crippen molar-refractivity contribution in [2.75, 3.05) is 6.61 Å². The van der Waals surface area contributed by atoms with Crippen LogP contribution in [0.2, 0.25) is 0 Å². The molecule has 0 fully saturated rings. The Morgan fingerprint density at radius 3 is 2.24 bits per heavy atom. The number of aromatic nitrogens is 1. The monoisotopic (exact) mass is 510 g/mol. The lowest BCUT2D eigenvalue weighted by atomic mass is 10.1. The fourth-order valence-corrected chi connectivity index (χ4v) is 4.53. The van der Waals surface area contributed by atoms with Crippen LogP contribution in [0.15, 0.2) is 51.7 Å². The summed E-state index contributed by atoms with van der Waals surface area (Å²) in [4.78, 5) is 40.9. The quantitative estimate of drug-likeness (QED) is 0.300. The molecule has 0 spiro atoms. The lowest BCUT2D eigenvalue weighted by molar-refractivity contribution is 0.0636. The second-order valence-electron chi connectivity index (χ2n) is 8.72. The van der Waals surface area contributed by atoms with Gasteiger partial charge in [-0.1, -0.05) is 55.3 Å². The van der Waals surface area contributed by atoms with E-state index >= 15 is 0 Å². The van der Waals surface area contributed by atoms with Crippen LogP contribution < -0.4 is 10.3 Å². The summed E-state index contributed by atoms with van der Waals surface area (Å²) >= 11 is 3.50. The van der Waals surface area contributed by atoms with E-state index in [0.717, 1.165) is 17.3 Å². The number of imide groups is 1. The Morgan fingerprint density at radius 1 is 0.970 bits per heavy atom. The van der Waals surface area contributed by atoms with Crippen molar-refractivity contribution in [3.05, 3.63) is 74.1 Å². The van der Waals surface area contributed by atoms with E-state index in [1.54, 1.807) is 34.9 Å². The fraction of sp³-hybridized carbons (Fsp3) is 0.346. The maximum absolute atomic E-state index is 13.5. The van der Waals surface area contributed by atoms with Gasteiger partial charge in [0.2, 0.25) is 0 Å². The number of ether oxygens (including phenoxy) is 1. The second kappa shape index (κ2) is 9.51. The summed E-state index contributed by atoms with van der Waals surface area (Å²) < 4.78 is 8.75. The second-order valence-corrected chi connectivity index (χ2v) is 9.64. The first-order valence-corrected chi connectivity index (χ1v) is 12.1. The Bertz CT molecular complexity index is 1260. The molecule has 0 saturated carbocycles. The minimum Gasteiger partial charge on any atom is -0.491 e. The van der Waals surface area contributed by atoms with Crippen molar-refractivity contribution in [3.63, 3.8) is 0 Å². The molecule has 1 aliphatic heterocycles. The molecule has 0 N–H and O–H groups in total. The molecule has 2 heterocycles. The number of fused-ring (bicyclic) bond motifs is 2. The Hall–Kier alpha value is -2.93. The average molecular weight is 511 g/mol. The van der Waals surface area contributed by atoms with Gasteiger partial charge in [0.15, 0.2) is 0 Å². The number of unbranched alkanes of at least 4 members (excludes halogenated alkanes) is 1. The third-order valence-corrected chi connectivity index (χ3v) is 6.26. The van der Waals surface area contributed by atoms with Crippen LogP contribution in [-0.4, -0.2) is 27.9 Å². The molecule has 7 heteroatoms. The summed E-state index contributed by atoms with van der Waals surface area (Å²) in [5, 5.41) is 1.23. The van der Waals surface area contributed by atoms with Crippen molar-refractivity contribution in [3.8, 4) is 5.75 Å². The normalized spacial score (nSPS) is 13.3. The molecule has 0 atom stereocenters. The van der Waals surface area contributed by atoms with Crippen LogP contribution in [0.4, 0.5) is 0 Å². The third-order valence-electron chi connectivity index (χ3n) is 5.77. The summed E-state index contributed by atoms with van der Waals surface area (Å²) in [5.41, 5.74) is 1.17. The van der Waals surface area contributed by atoms with E-state index in [9.17, 15) is 14.4 Å². The fourth-order valence-electron chi connectivity index (χ4n) is 4.16. The van der Waals surface area contributed by atoms with Crippen LogP contribution in [0, 0.1) is 5.92 Å². The highest BCUT2D eigenvalue weighted by molar-refractivity contribution is 9.10. The van der Waals surface area contributed by atoms with Gasteiger partial charge in [0.1, 0.15) is 5.75 Å². The molecule has 0 radical (unpaired) electrons. The lowest BCUT2D eigenvalue weighted by Crippen LogP contribution is -2.34. The maximum Gasteiger partial charge on any atom is 0.261 e. The number of benzene rings is 2. The molecule has 33 heavy (non-hydrogen) atoms. The largest absolute Gasteiger partial charge is 0.491 e. The predicted molar refractivity (Wildman–Crippen MR) is 132 cm³/mol. The van der Waals surface area contributed by atoms with Crippen LogP contribution in [0.1, 0.15) is 60.0 Å². The Kier molecular flexibility index (Phi) is 6.70. The first kappa shape index (κ1) is 23.2. The van der Waals surface area contributed by atoms with Crippen LogP contribution >= 0.6 is 15.9 Å². The van der Waals surface area contributed by atoms with Gasteiger partial charge in [0, 0.05) is 16.4 Å². The zero-order valence-corrected chi connectivity index (χ0v) is 20.6. The molecule has 3 aromatic rings. The molecule has 0 saturated heterocycles. The zero-order chi connectivity index (χ0) is 23.7. The van der Waals surface area contributed by atoms with E-state index in [4.69, 9.17) is 4.74 Å². The first-order chi connectivity index (χ1) is 15.8. The molecule has 1 aromatic heterocycles. The molecular weight excluding hydrogens is 484 g/mol. The summed E-state index contributed by atoms with van der Waals surface area (Å²) in [7, 11) is 0. The van der Waals surface area contributed by atoms with E-state index < -0.39 is 0 Å². The van der Waals surface area contributed by atoms with Crippen LogP contribution in [0.5, 0.6) is 5.75 Å². The maximum atomic E-state index is 13.5. The van der Waals surface area contributed by atoms with Crippen molar-refractivity contribution in [1.82, 2.24) is 9.47 Å². The smallest absolute Gasteiger partial charge is 0.261 e. The number of carbonyl (C=O) groups is 2. The van der Waals surface area contributed by atoms with Crippen LogP contribution in [-0.2, 0) is 13.1 Å². The van der Waals surface area contributed by atoms with Gasteiger partial charge < -0.3 is 9.30 Å². The molecule has 0 aliphatic carbocycles. The molecule has 0 unspecified atom stereocenters. The number of pyridine rings is 1. The minimum absolute atomic E-state index is 0.0295. The highest BCUT2D eigenvalue weighted by Crippen LogP contribution is 2.33. The van der Waals surface area contributed by atoms with E-state index in [-0.39, 0.29) is 29.8 Å². The van der Waals surface area contributed by atoms with E-state index in [1.807, 2.05) is 26.0 Å². The standard InChI is InChI=1S/C26H27BrN2O4/c1-4-5-12-33-23-21-13-17(27)10-11-20(21)24(30)28(14-16(2)3)22(23)15-29-25(31)18-8-6-7-9-19(18)26(29)32/h6-11,13,16H,4-5,12,14-15H2,1-3H3. The number of hydrogen-bond acceptors (Lipinski definition) is 4. The van der Waals surface area contributed by atoms with Crippen molar-refractivity contribution in [2.24, 2.45) is 5.92 Å². The number of carbonyl (C=O) groups excluding carboxylic acids is 2. The van der Waals surface area contributed by atoms with Crippen molar-refractivity contribution < 1.29 is 14.3 Å². The SMILES string of the molecule is CCCCOc1c(CN2C(=O)c3ccccc3C2=O)n(CC(C)C)c(=O)c2ccc(Br)cc12. The highest BCUT2D eigenvalue weighted by atomic mass is 79.9. The summed E-state index contributed by atoms with van der Waals surface area (Å²) in [5.74, 6) is 0.0255. The predicted octanol–water partition coefficient (Wildman–Crippen LogP) is 5.40. The van der Waals surface area contributed by atoms with Gasteiger partial charge >= 0.3 is 0 Å². The average Bonchev–Trinajstić information content (AvgIpc) is 3.03. The molecule has 2 aromatic carbocycles. The highest BCUT2D eigenvalue weighted by Gasteiger charge is 2.36. The van der Waals surface area contributed by atoms with Gasteiger partial charge in [-0.15, -0.1) is 0 Å². The first-order valence-electron chi connectivity index (χ1n) is 11.3. The Balaban J connectivity index is 1.91. The van der Waals surface area contributed by atoms with Crippen molar-refractivity contribution in [2.45, 2.75) is 46.7 Å². The van der Waals surface area contributed by atoms with Crippen LogP contribution in [0.25, 0.3) is 10.8 Å². The molecule has 4 rings (SSSR count).